The Labute approximate surface area is 189 Å². The van der Waals surface area contributed by atoms with Gasteiger partial charge in [-0.05, 0) is 43.2 Å². The molecular formula is C25H22N4O2S. The summed E-state index contributed by atoms with van der Waals surface area (Å²) >= 11 is 1.51. The zero-order valence-electron chi connectivity index (χ0n) is 18.1. The van der Waals surface area contributed by atoms with Crippen molar-refractivity contribution < 1.29 is 9.90 Å². The highest BCUT2D eigenvalue weighted by Gasteiger charge is 2.18. The second-order valence-electron chi connectivity index (χ2n) is 7.85. The van der Waals surface area contributed by atoms with Gasteiger partial charge in [0.15, 0.2) is 5.65 Å². The minimum absolute atomic E-state index is 0.261. The molecule has 0 spiro atoms. The van der Waals surface area contributed by atoms with Crippen LogP contribution in [0.1, 0.15) is 39.9 Å². The summed E-state index contributed by atoms with van der Waals surface area (Å²) in [7, 11) is 0. The van der Waals surface area contributed by atoms with E-state index in [9.17, 15) is 9.90 Å². The van der Waals surface area contributed by atoms with Gasteiger partial charge in [-0.3, -0.25) is 0 Å². The van der Waals surface area contributed by atoms with Gasteiger partial charge in [0.05, 0.1) is 22.3 Å². The largest absolute Gasteiger partial charge is 0.478 e. The van der Waals surface area contributed by atoms with Crippen LogP contribution in [0.15, 0.2) is 48.5 Å². The summed E-state index contributed by atoms with van der Waals surface area (Å²) in [5.74, 6) is 0.0410. The van der Waals surface area contributed by atoms with Gasteiger partial charge < -0.3 is 9.67 Å². The number of para-hydroxylation sites is 1. The van der Waals surface area contributed by atoms with Crippen molar-refractivity contribution in [1.82, 2.24) is 19.5 Å². The van der Waals surface area contributed by atoms with Crippen molar-refractivity contribution in [2.24, 2.45) is 0 Å². The second-order valence-corrected chi connectivity index (χ2v) is 8.88. The normalized spacial score (nSPS) is 11.5. The van der Waals surface area contributed by atoms with Crippen molar-refractivity contribution in [3.63, 3.8) is 0 Å². The molecule has 0 unspecified atom stereocenters. The molecule has 3 aromatic heterocycles. The lowest BCUT2D eigenvalue weighted by Gasteiger charge is -2.09. The molecule has 160 valence electrons. The number of aromatic carboxylic acids is 1. The number of hydrogen-bond acceptors (Lipinski definition) is 5. The fraction of sp³-hybridized carbons (Fsp3) is 0.200. The quantitative estimate of drug-likeness (QED) is 0.381. The van der Waals surface area contributed by atoms with Gasteiger partial charge in [0.1, 0.15) is 16.3 Å². The van der Waals surface area contributed by atoms with Crippen LogP contribution in [0.2, 0.25) is 0 Å². The topological polar surface area (TPSA) is 80.9 Å². The maximum absolute atomic E-state index is 11.7. The van der Waals surface area contributed by atoms with Gasteiger partial charge in [-0.1, -0.05) is 37.3 Å². The SMILES string of the molecule is CCc1nc2c(C)cc(C)nc2n1Cc1cccc2sc(-c3ccccc3C(=O)O)nc12. The number of carboxylic acids is 1. The Morgan fingerprint density at radius 1 is 1.03 bits per heavy atom. The van der Waals surface area contributed by atoms with Crippen LogP contribution in [0.25, 0.3) is 32.0 Å². The molecule has 0 bridgehead atoms. The summed E-state index contributed by atoms with van der Waals surface area (Å²) in [5, 5.41) is 10.3. The van der Waals surface area contributed by atoms with Crippen molar-refractivity contribution in [2.75, 3.05) is 0 Å². The first kappa shape index (κ1) is 20.3. The third kappa shape index (κ3) is 3.35. The Hall–Kier alpha value is -3.58. The van der Waals surface area contributed by atoms with Crippen LogP contribution in [-0.4, -0.2) is 30.6 Å². The van der Waals surface area contributed by atoms with Crippen molar-refractivity contribution >= 4 is 38.7 Å². The van der Waals surface area contributed by atoms with Crippen LogP contribution in [0, 0.1) is 13.8 Å². The summed E-state index contributed by atoms with van der Waals surface area (Å²) in [6.45, 7) is 6.78. The third-order valence-electron chi connectivity index (χ3n) is 5.64. The second kappa shape index (κ2) is 7.84. The first-order chi connectivity index (χ1) is 15.5. The smallest absolute Gasteiger partial charge is 0.336 e. The van der Waals surface area contributed by atoms with Gasteiger partial charge in [0.25, 0.3) is 0 Å². The molecule has 0 aliphatic carbocycles. The van der Waals surface area contributed by atoms with Gasteiger partial charge in [-0.25, -0.2) is 19.7 Å². The van der Waals surface area contributed by atoms with Crippen LogP contribution in [0.5, 0.6) is 0 Å². The molecule has 1 N–H and O–H groups in total. The third-order valence-corrected chi connectivity index (χ3v) is 6.69. The first-order valence-electron chi connectivity index (χ1n) is 10.5. The summed E-state index contributed by atoms with van der Waals surface area (Å²) < 4.78 is 3.20. The summed E-state index contributed by atoms with van der Waals surface area (Å²) in [4.78, 5) is 26.2. The zero-order valence-corrected chi connectivity index (χ0v) is 18.9. The Morgan fingerprint density at radius 2 is 1.84 bits per heavy atom. The van der Waals surface area contributed by atoms with E-state index in [0.717, 1.165) is 50.4 Å². The van der Waals surface area contributed by atoms with E-state index in [4.69, 9.17) is 15.0 Å². The predicted octanol–water partition coefficient (Wildman–Crippen LogP) is 5.63. The number of carbonyl (C=O) groups is 1. The van der Waals surface area contributed by atoms with Crippen LogP contribution in [-0.2, 0) is 13.0 Å². The Morgan fingerprint density at radius 3 is 2.62 bits per heavy atom. The maximum atomic E-state index is 11.7. The number of benzene rings is 2. The number of imidazole rings is 1. The number of rotatable bonds is 5. The molecule has 2 aromatic carbocycles. The average molecular weight is 443 g/mol. The molecule has 0 atom stereocenters. The molecule has 0 fully saturated rings. The minimum Gasteiger partial charge on any atom is -0.478 e. The van der Waals surface area contributed by atoms with Crippen LogP contribution in [0.4, 0.5) is 0 Å². The highest BCUT2D eigenvalue weighted by atomic mass is 32.1. The lowest BCUT2D eigenvalue weighted by Crippen LogP contribution is -2.06. The number of aryl methyl sites for hydroxylation is 3. The monoisotopic (exact) mass is 442 g/mol. The van der Waals surface area contributed by atoms with Crippen LogP contribution < -0.4 is 0 Å². The molecule has 3 heterocycles. The molecule has 0 radical (unpaired) electrons. The standard InChI is InChI=1S/C25H22N4O2S/c1-4-20-27-21-14(2)12-15(3)26-23(21)29(20)13-16-8-7-11-19-22(16)28-24(32-19)17-9-5-6-10-18(17)25(30)31/h5-12H,4,13H2,1-3H3,(H,30,31). The van der Waals surface area contributed by atoms with Gasteiger partial charge in [0.2, 0.25) is 0 Å². The molecule has 32 heavy (non-hydrogen) atoms. The Kier molecular flexibility index (Phi) is 4.98. The van der Waals surface area contributed by atoms with E-state index in [2.05, 4.69) is 30.5 Å². The maximum Gasteiger partial charge on any atom is 0.336 e. The van der Waals surface area contributed by atoms with E-state index < -0.39 is 5.97 Å². The number of fused-ring (bicyclic) bond motifs is 2. The predicted molar refractivity (Wildman–Crippen MR) is 127 cm³/mol. The lowest BCUT2D eigenvalue weighted by molar-refractivity contribution is 0.0697. The number of aromatic nitrogens is 4. The molecule has 5 rings (SSSR count). The molecule has 0 saturated heterocycles. The summed E-state index contributed by atoms with van der Waals surface area (Å²) in [5.41, 5.74) is 6.78. The number of pyridine rings is 1. The highest BCUT2D eigenvalue weighted by Crippen LogP contribution is 2.34. The van der Waals surface area contributed by atoms with Gasteiger partial charge in [-0.2, -0.15) is 0 Å². The summed E-state index contributed by atoms with van der Waals surface area (Å²) in [6, 6.07) is 15.2. The fourth-order valence-corrected chi connectivity index (χ4v) is 5.21. The van der Waals surface area contributed by atoms with E-state index in [0.29, 0.717) is 17.1 Å². The van der Waals surface area contributed by atoms with Crippen molar-refractivity contribution in [1.29, 1.82) is 0 Å². The van der Waals surface area contributed by atoms with Gasteiger partial charge >= 0.3 is 5.97 Å². The van der Waals surface area contributed by atoms with Gasteiger partial charge in [0, 0.05) is 17.7 Å². The molecule has 0 saturated carbocycles. The van der Waals surface area contributed by atoms with Crippen molar-refractivity contribution in [3.05, 3.63) is 76.7 Å². The van der Waals surface area contributed by atoms with Crippen LogP contribution in [0.3, 0.4) is 0 Å². The molecular weight excluding hydrogens is 420 g/mol. The first-order valence-corrected chi connectivity index (χ1v) is 11.3. The van der Waals surface area contributed by atoms with E-state index in [-0.39, 0.29) is 5.56 Å². The minimum atomic E-state index is -0.950. The Balaban J connectivity index is 1.65. The van der Waals surface area contributed by atoms with E-state index in [1.807, 2.05) is 31.2 Å². The molecule has 0 amide bonds. The molecule has 6 nitrogen and oxygen atoms in total. The van der Waals surface area contributed by atoms with E-state index in [1.54, 1.807) is 12.1 Å². The fourth-order valence-electron chi connectivity index (χ4n) is 4.16. The zero-order chi connectivity index (χ0) is 22.4. The molecule has 7 heteroatoms. The van der Waals surface area contributed by atoms with Crippen molar-refractivity contribution in [2.45, 2.75) is 33.7 Å². The molecule has 0 aliphatic rings. The molecule has 5 aromatic rings. The van der Waals surface area contributed by atoms with E-state index >= 15 is 0 Å². The van der Waals surface area contributed by atoms with Gasteiger partial charge in [-0.15, -0.1) is 11.3 Å². The average Bonchev–Trinajstić information content (AvgIpc) is 3.36. The van der Waals surface area contributed by atoms with Crippen molar-refractivity contribution in [3.8, 4) is 10.6 Å². The number of hydrogen-bond donors (Lipinski definition) is 1. The summed E-state index contributed by atoms with van der Waals surface area (Å²) in [6.07, 6.45) is 0.805. The number of nitrogens with zero attached hydrogens (tertiary/aromatic N) is 4. The van der Waals surface area contributed by atoms with Crippen LogP contribution >= 0.6 is 11.3 Å². The Bertz CT molecular complexity index is 1500. The van der Waals surface area contributed by atoms with E-state index in [1.165, 1.54) is 11.3 Å². The molecule has 0 aliphatic heterocycles. The highest BCUT2D eigenvalue weighted by molar-refractivity contribution is 7.21. The number of thiazole rings is 1. The lowest BCUT2D eigenvalue weighted by atomic mass is 10.1. The number of carboxylic acid groups (broad SMARTS) is 1.